The van der Waals surface area contributed by atoms with Gasteiger partial charge in [0.2, 0.25) is 10.0 Å². The van der Waals surface area contributed by atoms with Crippen LogP contribution in [0.3, 0.4) is 0 Å². The summed E-state index contributed by atoms with van der Waals surface area (Å²) in [6.45, 7) is -0.905. The predicted octanol–water partition coefficient (Wildman–Crippen LogP) is 1.24. The van der Waals surface area contributed by atoms with Crippen LogP contribution < -0.4 is 0 Å². The molecule has 2 aromatic rings. The van der Waals surface area contributed by atoms with E-state index in [1.54, 1.807) is 12.1 Å². The molecule has 0 bridgehead atoms. The molecule has 0 unspecified atom stereocenters. The summed E-state index contributed by atoms with van der Waals surface area (Å²) in [6.07, 6.45) is 1.48. The Balaban J connectivity index is 1.85. The Labute approximate surface area is 156 Å². The number of halogens is 1. The lowest BCUT2D eigenvalue weighted by Crippen LogP contribution is -2.35. The third-order valence-electron chi connectivity index (χ3n) is 3.63. The van der Waals surface area contributed by atoms with E-state index >= 15 is 0 Å². The zero-order valence-corrected chi connectivity index (χ0v) is 15.6. The van der Waals surface area contributed by atoms with Gasteiger partial charge < -0.3 is 14.1 Å². The van der Waals surface area contributed by atoms with Crippen LogP contribution in [0.1, 0.15) is 5.76 Å². The smallest absolute Gasteiger partial charge is 0.321 e. The van der Waals surface area contributed by atoms with Gasteiger partial charge in [0.15, 0.2) is 6.61 Å². The largest absolute Gasteiger partial charge is 0.467 e. The fourth-order valence-corrected chi connectivity index (χ4v) is 3.19. The van der Waals surface area contributed by atoms with Gasteiger partial charge in [-0.2, -0.15) is 4.31 Å². The highest BCUT2D eigenvalue weighted by atomic mass is 32.2. The Morgan fingerprint density at radius 1 is 1.15 bits per heavy atom. The summed E-state index contributed by atoms with van der Waals surface area (Å²) in [5.74, 6) is -1.36. The van der Waals surface area contributed by atoms with E-state index in [2.05, 4.69) is 0 Å². The molecule has 10 heteroatoms. The number of furan rings is 1. The van der Waals surface area contributed by atoms with Crippen LogP contribution in [0.25, 0.3) is 0 Å². The van der Waals surface area contributed by atoms with Gasteiger partial charge in [0.1, 0.15) is 18.1 Å². The molecule has 0 saturated heterocycles. The monoisotopic (exact) mass is 398 g/mol. The molecule has 0 radical (unpaired) electrons. The minimum Gasteiger partial charge on any atom is -0.467 e. The van der Waals surface area contributed by atoms with Crippen molar-refractivity contribution < 1.29 is 31.6 Å². The molecule has 8 nitrogen and oxygen atoms in total. The van der Waals surface area contributed by atoms with E-state index in [0.717, 1.165) is 28.6 Å². The molecular weight excluding hydrogens is 379 g/mol. The Morgan fingerprint density at radius 2 is 1.81 bits per heavy atom. The second kappa shape index (κ2) is 8.78. The van der Waals surface area contributed by atoms with Crippen molar-refractivity contribution in [3.63, 3.8) is 0 Å². The van der Waals surface area contributed by atoms with E-state index in [4.69, 9.17) is 9.15 Å². The summed E-state index contributed by atoms with van der Waals surface area (Å²) in [6, 6.07) is 7.59. The van der Waals surface area contributed by atoms with Crippen LogP contribution >= 0.6 is 0 Å². The van der Waals surface area contributed by atoms with Gasteiger partial charge >= 0.3 is 5.97 Å². The molecule has 0 N–H and O–H groups in total. The van der Waals surface area contributed by atoms with E-state index in [1.165, 1.54) is 25.3 Å². The van der Waals surface area contributed by atoms with Crippen molar-refractivity contribution in [3.8, 4) is 0 Å². The number of hydrogen-bond acceptors (Lipinski definition) is 6. The predicted molar refractivity (Wildman–Crippen MR) is 92.4 cm³/mol. The van der Waals surface area contributed by atoms with E-state index in [-0.39, 0.29) is 11.4 Å². The molecule has 1 aromatic heterocycles. The van der Waals surface area contributed by atoms with Gasteiger partial charge in [0.05, 0.1) is 17.7 Å². The van der Waals surface area contributed by atoms with Crippen molar-refractivity contribution in [2.45, 2.75) is 11.4 Å². The highest BCUT2D eigenvalue weighted by Gasteiger charge is 2.24. The molecule has 2 rings (SSSR count). The quantitative estimate of drug-likeness (QED) is 0.621. The number of ether oxygens (including phenoxy) is 1. The summed E-state index contributed by atoms with van der Waals surface area (Å²) in [7, 11) is -1.28. The topological polar surface area (TPSA) is 97.1 Å². The zero-order chi connectivity index (χ0) is 20.0. The number of rotatable bonds is 8. The number of esters is 1. The highest BCUT2D eigenvalue weighted by Crippen LogP contribution is 2.14. The molecule has 1 amide bonds. The number of sulfonamides is 1. The lowest BCUT2D eigenvalue weighted by Gasteiger charge is -2.18. The van der Waals surface area contributed by atoms with E-state index < -0.39 is 40.9 Å². The second-order valence-electron chi connectivity index (χ2n) is 5.70. The fourth-order valence-electron chi connectivity index (χ4n) is 2.08. The van der Waals surface area contributed by atoms with Crippen LogP contribution in [0.15, 0.2) is 52.0 Å². The first kappa shape index (κ1) is 20.6. The van der Waals surface area contributed by atoms with Gasteiger partial charge in [-0.1, -0.05) is 0 Å². The van der Waals surface area contributed by atoms with Crippen LogP contribution in [-0.4, -0.2) is 56.7 Å². The summed E-state index contributed by atoms with van der Waals surface area (Å²) in [5.41, 5.74) is 0. The number of likely N-dealkylation sites (N-methyl/N-ethyl adjacent to an activating group) is 2. The molecule has 146 valence electrons. The van der Waals surface area contributed by atoms with Crippen molar-refractivity contribution in [1.82, 2.24) is 9.21 Å². The Hall–Kier alpha value is -2.72. The van der Waals surface area contributed by atoms with E-state index in [0.29, 0.717) is 5.76 Å². The number of hydrogen-bond donors (Lipinski definition) is 0. The number of carbonyl (C=O) groups excluding carboxylic acids is 2. The number of carbonyl (C=O) groups is 2. The molecule has 1 heterocycles. The summed E-state index contributed by atoms with van der Waals surface area (Å²) < 4.78 is 48.3. The van der Waals surface area contributed by atoms with Gasteiger partial charge in [0.25, 0.3) is 5.91 Å². The first-order chi connectivity index (χ1) is 12.7. The number of benzene rings is 1. The van der Waals surface area contributed by atoms with Crippen molar-refractivity contribution in [2.24, 2.45) is 0 Å². The summed E-state index contributed by atoms with van der Waals surface area (Å²) >= 11 is 0. The third kappa shape index (κ3) is 5.63. The fraction of sp³-hybridized carbons (Fsp3) is 0.294. The lowest BCUT2D eigenvalue weighted by molar-refractivity contribution is -0.151. The molecule has 27 heavy (non-hydrogen) atoms. The number of amides is 1. The van der Waals surface area contributed by atoms with E-state index in [9.17, 15) is 22.4 Å². The minimum absolute atomic E-state index is 0.159. The van der Waals surface area contributed by atoms with Crippen LogP contribution in [0.4, 0.5) is 4.39 Å². The van der Waals surface area contributed by atoms with Crippen molar-refractivity contribution >= 4 is 21.9 Å². The Kier molecular flexibility index (Phi) is 6.70. The van der Waals surface area contributed by atoms with Gasteiger partial charge in [-0.25, -0.2) is 12.8 Å². The molecule has 0 fully saturated rings. The number of nitrogens with zero attached hydrogens (tertiary/aromatic N) is 2. The normalized spacial score (nSPS) is 11.4. The van der Waals surface area contributed by atoms with Gasteiger partial charge in [-0.15, -0.1) is 0 Å². The first-order valence-electron chi connectivity index (χ1n) is 7.84. The molecule has 0 atom stereocenters. The summed E-state index contributed by atoms with van der Waals surface area (Å²) in [5, 5.41) is 0. The van der Waals surface area contributed by atoms with Crippen molar-refractivity contribution in [1.29, 1.82) is 0 Å². The maximum Gasteiger partial charge on any atom is 0.321 e. The molecule has 0 saturated carbocycles. The van der Waals surface area contributed by atoms with Crippen LogP contribution in [0.2, 0.25) is 0 Å². The maximum atomic E-state index is 12.9. The zero-order valence-electron chi connectivity index (χ0n) is 14.8. The van der Waals surface area contributed by atoms with E-state index in [1.807, 2.05) is 0 Å². The summed E-state index contributed by atoms with van der Waals surface area (Å²) in [4.78, 5) is 25.0. The maximum absolute atomic E-state index is 12.9. The third-order valence-corrected chi connectivity index (χ3v) is 5.45. The van der Waals surface area contributed by atoms with Crippen LogP contribution in [0, 0.1) is 5.82 Å². The van der Waals surface area contributed by atoms with Gasteiger partial charge in [0, 0.05) is 14.1 Å². The molecule has 0 aliphatic carbocycles. The highest BCUT2D eigenvalue weighted by molar-refractivity contribution is 7.89. The minimum atomic E-state index is -3.98. The van der Waals surface area contributed by atoms with Crippen molar-refractivity contribution in [3.05, 3.63) is 54.2 Å². The first-order valence-corrected chi connectivity index (χ1v) is 9.28. The SMILES string of the molecule is CN(Cc1ccco1)C(=O)COC(=O)CN(C)S(=O)(=O)c1ccc(F)cc1. The Bertz CT molecular complexity index is 881. The average molecular weight is 398 g/mol. The average Bonchev–Trinajstić information content (AvgIpc) is 3.12. The Morgan fingerprint density at radius 3 is 2.41 bits per heavy atom. The molecular formula is C17H19FN2O6S. The van der Waals surface area contributed by atoms with Crippen LogP contribution in [0.5, 0.6) is 0 Å². The standard InChI is InChI=1S/C17H19FN2O6S/c1-19(10-14-4-3-9-25-14)16(21)12-26-17(22)11-20(2)27(23,24)15-7-5-13(18)6-8-15/h3-9H,10-12H2,1-2H3. The van der Waals surface area contributed by atoms with Crippen molar-refractivity contribution in [2.75, 3.05) is 27.2 Å². The second-order valence-corrected chi connectivity index (χ2v) is 7.75. The van der Waals surface area contributed by atoms with Gasteiger partial charge in [-0.3, -0.25) is 9.59 Å². The molecule has 0 spiro atoms. The molecule has 0 aliphatic heterocycles. The van der Waals surface area contributed by atoms with Gasteiger partial charge in [-0.05, 0) is 36.4 Å². The lowest BCUT2D eigenvalue weighted by atomic mass is 10.4. The molecule has 0 aliphatic rings. The van der Waals surface area contributed by atoms with Crippen LogP contribution in [-0.2, 0) is 30.9 Å². The molecule has 1 aromatic carbocycles.